The lowest BCUT2D eigenvalue weighted by molar-refractivity contribution is 0.0200. The lowest BCUT2D eigenvalue weighted by atomic mass is 9.86. The zero-order valence-electron chi connectivity index (χ0n) is 7.40. The molecule has 0 spiro atoms. The molecule has 0 aromatic heterocycles. The van der Waals surface area contributed by atoms with Crippen LogP contribution in [0.1, 0.15) is 6.92 Å². The standard InChI is InChI=1S/C6H15BO3P2/c1-3-5(10-12)4(2-8-11)9-6(3)7/h3-6H,2,7,11-12H2,1H3/t3?,4-,5+,6-/m0/s1. The Bertz CT molecular complexity index is 149. The predicted octanol–water partition coefficient (Wildman–Crippen LogP) is -0.0375. The third kappa shape index (κ3) is 2.18. The second kappa shape index (κ2) is 4.88. The van der Waals surface area contributed by atoms with Crippen molar-refractivity contribution in [2.75, 3.05) is 6.61 Å². The molecule has 0 amide bonds. The van der Waals surface area contributed by atoms with E-state index in [4.69, 9.17) is 13.8 Å². The molecule has 1 saturated heterocycles. The van der Waals surface area contributed by atoms with E-state index in [-0.39, 0.29) is 18.2 Å². The van der Waals surface area contributed by atoms with Crippen molar-refractivity contribution in [3.05, 3.63) is 0 Å². The van der Waals surface area contributed by atoms with Gasteiger partial charge in [-0.3, -0.25) is 0 Å². The minimum Gasteiger partial charge on any atom is -0.378 e. The fraction of sp³-hybridized carbons (Fsp3) is 1.00. The average Bonchev–Trinajstić information content (AvgIpc) is 2.29. The second-order valence-electron chi connectivity index (χ2n) is 3.17. The van der Waals surface area contributed by atoms with Crippen molar-refractivity contribution >= 4 is 26.8 Å². The van der Waals surface area contributed by atoms with Crippen molar-refractivity contribution in [1.29, 1.82) is 0 Å². The molecule has 3 unspecified atom stereocenters. The Morgan fingerprint density at radius 1 is 1.50 bits per heavy atom. The van der Waals surface area contributed by atoms with Crippen LogP contribution in [0.15, 0.2) is 0 Å². The first-order valence-corrected chi connectivity index (χ1v) is 4.97. The SMILES string of the molecule is B[C@H]1O[C@@H](COP)[C@H](OP)C1C. The van der Waals surface area contributed by atoms with E-state index in [9.17, 15) is 0 Å². The van der Waals surface area contributed by atoms with Gasteiger partial charge in [-0.05, 0) is 0 Å². The molecule has 0 aromatic rings. The normalized spacial score (nSPS) is 41.9. The minimum atomic E-state index is 0.0602. The second-order valence-corrected chi connectivity index (χ2v) is 3.78. The monoisotopic (exact) mass is 208 g/mol. The van der Waals surface area contributed by atoms with Gasteiger partial charge >= 0.3 is 0 Å². The van der Waals surface area contributed by atoms with Crippen LogP contribution in [0.2, 0.25) is 0 Å². The molecule has 0 bridgehead atoms. The molecule has 1 aliphatic rings. The fourth-order valence-electron chi connectivity index (χ4n) is 1.52. The van der Waals surface area contributed by atoms with Crippen molar-refractivity contribution in [3.63, 3.8) is 0 Å². The Labute approximate surface area is 78.9 Å². The van der Waals surface area contributed by atoms with Gasteiger partial charge < -0.3 is 13.8 Å². The molecule has 1 fully saturated rings. The van der Waals surface area contributed by atoms with E-state index < -0.39 is 0 Å². The van der Waals surface area contributed by atoms with E-state index in [1.807, 2.05) is 0 Å². The van der Waals surface area contributed by atoms with E-state index in [2.05, 4.69) is 33.7 Å². The molecule has 0 aliphatic carbocycles. The van der Waals surface area contributed by atoms with Crippen LogP contribution in [0.4, 0.5) is 0 Å². The van der Waals surface area contributed by atoms with Gasteiger partial charge in [0, 0.05) is 30.9 Å². The van der Waals surface area contributed by atoms with E-state index in [0.29, 0.717) is 12.5 Å². The predicted molar refractivity (Wildman–Crippen MR) is 56.6 cm³/mol. The molecule has 0 aromatic carbocycles. The van der Waals surface area contributed by atoms with Gasteiger partial charge in [0.1, 0.15) is 14.0 Å². The van der Waals surface area contributed by atoms with Gasteiger partial charge in [-0.1, -0.05) is 6.92 Å². The van der Waals surface area contributed by atoms with Gasteiger partial charge in [-0.25, -0.2) is 0 Å². The third-order valence-electron chi connectivity index (χ3n) is 2.43. The first kappa shape index (κ1) is 10.9. The Kier molecular flexibility index (Phi) is 4.43. The largest absolute Gasteiger partial charge is 0.378 e. The van der Waals surface area contributed by atoms with Crippen LogP contribution in [0, 0.1) is 5.92 Å². The quantitative estimate of drug-likeness (QED) is 0.481. The van der Waals surface area contributed by atoms with E-state index in [1.54, 1.807) is 0 Å². The molecule has 12 heavy (non-hydrogen) atoms. The zero-order valence-corrected chi connectivity index (χ0v) is 9.71. The summed E-state index contributed by atoms with van der Waals surface area (Å²) in [5, 5.41) is 0. The van der Waals surface area contributed by atoms with Crippen LogP contribution in [-0.4, -0.2) is 32.7 Å². The summed E-state index contributed by atoms with van der Waals surface area (Å²) in [6, 6.07) is 0.251. The van der Waals surface area contributed by atoms with E-state index >= 15 is 0 Å². The molecule has 6 atom stereocenters. The Morgan fingerprint density at radius 3 is 2.67 bits per heavy atom. The van der Waals surface area contributed by atoms with Gasteiger partial charge in [0.25, 0.3) is 0 Å². The van der Waals surface area contributed by atoms with Crippen LogP contribution >= 0.6 is 18.9 Å². The van der Waals surface area contributed by atoms with Gasteiger partial charge in [0.2, 0.25) is 0 Å². The molecule has 3 nitrogen and oxygen atoms in total. The molecule has 0 radical (unpaired) electrons. The Balaban J connectivity index is 2.52. The van der Waals surface area contributed by atoms with Gasteiger partial charge in [-0.15, -0.1) is 0 Å². The smallest absolute Gasteiger partial charge is 0.139 e. The highest BCUT2D eigenvalue weighted by molar-refractivity contribution is 7.10. The zero-order chi connectivity index (χ0) is 9.14. The summed E-state index contributed by atoms with van der Waals surface area (Å²) >= 11 is 0. The fourth-order valence-corrected chi connectivity index (χ4v) is 2.14. The maximum absolute atomic E-state index is 5.64. The molecular weight excluding hydrogens is 193 g/mol. The lowest BCUT2D eigenvalue weighted by Gasteiger charge is -2.18. The van der Waals surface area contributed by atoms with Gasteiger partial charge in [0.05, 0.1) is 12.7 Å². The lowest BCUT2D eigenvalue weighted by Crippen LogP contribution is -2.29. The Hall–Kier alpha value is 0.805. The van der Waals surface area contributed by atoms with Crippen LogP contribution in [0.5, 0.6) is 0 Å². The molecule has 1 rings (SSSR count). The Morgan fingerprint density at radius 2 is 2.17 bits per heavy atom. The topological polar surface area (TPSA) is 27.7 Å². The molecule has 0 saturated carbocycles. The molecule has 6 heteroatoms. The molecule has 1 heterocycles. The maximum Gasteiger partial charge on any atom is 0.139 e. The number of hydrogen-bond acceptors (Lipinski definition) is 3. The maximum atomic E-state index is 5.64. The van der Waals surface area contributed by atoms with Crippen molar-refractivity contribution in [1.82, 2.24) is 0 Å². The summed E-state index contributed by atoms with van der Waals surface area (Å²) in [5.74, 6) is 0.424. The first-order valence-electron chi connectivity index (χ1n) is 4.03. The van der Waals surface area contributed by atoms with Crippen LogP contribution < -0.4 is 0 Å². The first-order chi connectivity index (χ1) is 5.70. The average molecular weight is 208 g/mol. The van der Waals surface area contributed by atoms with E-state index in [1.165, 1.54) is 0 Å². The molecule has 0 N–H and O–H groups in total. The van der Waals surface area contributed by atoms with E-state index in [0.717, 1.165) is 0 Å². The van der Waals surface area contributed by atoms with Crippen molar-refractivity contribution in [2.24, 2.45) is 5.92 Å². The summed E-state index contributed by atoms with van der Waals surface area (Å²) in [7, 11) is 6.58. The van der Waals surface area contributed by atoms with Crippen LogP contribution in [0.25, 0.3) is 0 Å². The number of hydrogen-bond donors (Lipinski definition) is 0. The van der Waals surface area contributed by atoms with Crippen molar-refractivity contribution in [2.45, 2.75) is 25.1 Å². The molecular formula is C6H15BO3P2. The summed E-state index contributed by atoms with van der Waals surface area (Å²) < 4.78 is 15.9. The summed E-state index contributed by atoms with van der Waals surface area (Å²) in [6.07, 6.45) is 0.190. The third-order valence-corrected chi connectivity index (χ3v) is 2.94. The van der Waals surface area contributed by atoms with Crippen molar-refractivity contribution < 1.29 is 13.8 Å². The summed E-state index contributed by atoms with van der Waals surface area (Å²) in [4.78, 5) is 0. The highest BCUT2D eigenvalue weighted by Crippen LogP contribution is 2.29. The van der Waals surface area contributed by atoms with Gasteiger partial charge in [-0.2, -0.15) is 0 Å². The number of rotatable bonds is 3. The number of ether oxygens (including phenoxy) is 1. The minimum absolute atomic E-state index is 0.0602. The highest BCUT2D eigenvalue weighted by Gasteiger charge is 2.39. The molecule has 70 valence electrons. The van der Waals surface area contributed by atoms with Crippen LogP contribution in [-0.2, 0) is 13.8 Å². The molecule has 1 aliphatic heterocycles. The van der Waals surface area contributed by atoms with Gasteiger partial charge in [0.15, 0.2) is 0 Å². The van der Waals surface area contributed by atoms with Crippen molar-refractivity contribution in [3.8, 4) is 0 Å². The van der Waals surface area contributed by atoms with Crippen LogP contribution in [0.3, 0.4) is 0 Å². The highest BCUT2D eigenvalue weighted by atomic mass is 31.0. The summed E-state index contributed by atoms with van der Waals surface area (Å²) in [6.45, 7) is 2.70. The summed E-state index contributed by atoms with van der Waals surface area (Å²) in [5.41, 5.74) is 0.